The number of rotatable bonds is 4. The summed E-state index contributed by atoms with van der Waals surface area (Å²) < 4.78 is 1.06. The molecule has 0 aliphatic heterocycles. The molecule has 1 nitrogen and oxygen atoms in total. The summed E-state index contributed by atoms with van der Waals surface area (Å²) in [6, 6.07) is 1.64. The number of carbonyl (C=O) groups excluding carboxylic acids is 1. The normalized spacial score (nSPS) is 10.4. The molecule has 72 valence electrons. The van der Waals surface area contributed by atoms with E-state index in [4.69, 9.17) is 23.2 Å². The Labute approximate surface area is 95.4 Å². The maximum atomic E-state index is 11.5. The van der Waals surface area contributed by atoms with Gasteiger partial charge in [-0.3, -0.25) is 4.79 Å². The lowest BCUT2D eigenvalue weighted by Crippen LogP contribution is -1.98. The smallest absolute Gasteiger partial charge is 0.166 e. The van der Waals surface area contributed by atoms with Crippen LogP contribution < -0.4 is 0 Å². The van der Waals surface area contributed by atoms with E-state index in [0.717, 1.165) is 5.75 Å². The zero-order valence-electron chi connectivity index (χ0n) is 6.97. The molecule has 0 unspecified atom stereocenters. The van der Waals surface area contributed by atoms with Crippen molar-refractivity contribution in [2.24, 2.45) is 0 Å². The molecular formula is C8H8Cl2OS2. The van der Waals surface area contributed by atoms with Crippen LogP contribution in [0.4, 0.5) is 0 Å². The Hall–Kier alpha value is 0.300. The average Bonchev–Trinajstić information content (AvgIpc) is 2.41. The largest absolute Gasteiger partial charge is 0.294 e. The van der Waals surface area contributed by atoms with Gasteiger partial charge in [0.15, 0.2) is 5.78 Å². The first-order valence-electron chi connectivity index (χ1n) is 3.62. The standard InChI is InChI=1S/C8H8Cl2OS2/c1-12-3-2-6(11)5-4-7(9)13-8(5)10/h4H,2-3H2,1H3. The Morgan fingerprint density at radius 3 is 2.77 bits per heavy atom. The van der Waals surface area contributed by atoms with Crippen LogP contribution >= 0.6 is 46.3 Å². The highest BCUT2D eigenvalue weighted by Crippen LogP contribution is 2.31. The average molecular weight is 255 g/mol. The molecule has 1 heterocycles. The van der Waals surface area contributed by atoms with Crippen molar-refractivity contribution in [3.05, 3.63) is 20.3 Å². The molecule has 5 heteroatoms. The summed E-state index contributed by atoms with van der Waals surface area (Å²) in [6.45, 7) is 0. The van der Waals surface area contributed by atoms with E-state index < -0.39 is 0 Å². The molecule has 1 aromatic heterocycles. The van der Waals surface area contributed by atoms with Gasteiger partial charge in [0.25, 0.3) is 0 Å². The third kappa shape index (κ3) is 3.17. The van der Waals surface area contributed by atoms with E-state index in [0.29, 0.717) is 20.7 Å². The van der Waals surface area contributed by atoms with Crippen LogP contribution in [-0.2, 0) is 0 Å². The van der Waals surface area contributed by atoms with Crippen LogP contribution in [0, 0.1) is 0 Å². The van der Waals surface area contributed by atoms with E-state index in [9.17, 15) is 4.79 Å². The third-order valence-corrected chi connectivity index (χ3v) is 3.59. The summed E-state index contributed by atoms with van der Waals surface area (Å²) in [5.41, 5.74) is 0.561. The van der Waals surface area contributed by atoms with Crippen LogP contribution in [0.2, 0.25) is 8.67 Å². The fraction of sp³-hybridized carbons (Fsp3) is 0.375. The summed E-state index contributed by atoms with van der Waals surface area (Å²) in [6.07, 6.45) is 2.49. The maximum absolute atomic E-state index is 11.5. The van der Waals surface area contributed by atoms with Gasteiger partial charge in [0.1, 0.15) is 4.34 Å². The van der Waals surface area contributed by atoms with Crippen LogP contribution in [-0.4, -0.2) is 17.8 Å². The van der Waals surface area contributed by atoms with Gasteiger partial charge in [-0.2, -0.15) is 11.8 Å². The number of thiophene rings is 1. The first kappa shape index (κ1) is 11.4. The first-order chi connectivity index (χ1) is 6.15. The molecule has 0 saturated carbocycles. The van der Waals surface area contributed by atoms with Gasteiger partial charge >= 0.3 is 0 Å². The molecule has 0 spiro atoms. The molecular weight excluding hydrogens is 247 g/mol. The van der Waals surface area contributed by atoms with Crippen LogP contribution in [0.15, 0.2) is 6.07 Å². The molecule has 13 heavy (non-hydrogen) atoms. The number of Topliss-reactive ketones (excluding diaryl/α,β-unsaturated/α-hetero) is 1. The Bertz CT molecular complexity index is 309. The molecule has 0 N–H and O–H groups in total. The second kappa shape index (κ2) is 5.25. The van der Waals surface area contributed by atoms with E-state index in [1.807, 2.05) is 6.26 Å². The number of thioether (sulfide) groups is 1. The predicted molar refractivity (Wildman–Crippen MR) is 61.7 cm³/mol. The molecule has 0 bridgehead atoms. The van der Waals surface area contributed by atoms with E-state index >= 15 is 0 Å². The lowest BCUT2D eigenvalue weighted by atomic mass is 10.2. The summed E-state index contributed by atoms with van der Waals surface area (Å²) in [5.74, 6) is 0.894. The van der Waals surface area contributed by atoms with Gasteiger partial charge in [-0.05, 0) is 12.3 Å². The molecule has 0 aliphatic rings. The molecule has 1 aromatic rings. The highest BCUT2D eigenvalue weighted by atomic mass is 35.5. The molecule has 0 aliphatic carbocycles. The number of hydrogen-bond donors (Lipinski definition) is 0. The van der Waals surface area contributed by atoms with E-state index in [2.05, 4.69) is 0 Å². The highest BCUT2D eigenvalue weighted by molar-refractivity contribution is 7.98. The lowest BCUT2D eigenvalue weighted by molar-refractivity contribution is 0.0990. The van der Waals surface area contributed by atoms with E-state index in [-0.39, 0.29) is 5.78 Å². The minimum absolute atomic E-state index is 0.0718. The van der Waals surface area contributed by atoms with Crippen LogP contribution in [0.3, 0.4) is 0 Å². The van der Waals surface area contributed by atoms with Gasteiger partial charge in [-0.25, -0.2) is 0 Å². The topological polar surface area (TPSA) is 17.1 Å². The highest BCUT2D eigenvalue weighted by Gasteiger charge is 2.13. The fourth-order valence-corrected chi connectivity index (χ4v) is 2.75. The van der Waals surface area contributed by atoms with Crippen molar-refractivity contribution in [1.82, 2.24) is 0 Å². The Balaban J connectivity index is 2.70. The van der Waals surface area contributed by atoms with Crippen molar-refractivity contribution in [2.45, 2.75) is 6.42 Å². The minimum atomic E-state index is 0.0718. The van der Waals surface area contributed by atoms with Gasteiger partial charge in [0.05, 0.1) is 4.34 Å². The number of ketones is 1. The van der Waals surface area contributed by atoms with Gasteiger partial charge in [-0.1, -0.05) is 23.2 Å². The van der Waals surface area contributed by atoms with Crippen molar-refractivity contribution in [2.75, 3.05) is 12.0 Å². The SMILES string of the molecule is CSCCC(=O)c1cc(Cl)sc1Cl. The van der Waals surface area contributed by atoms with Crippen molar-refractivity contribution in [3.8, 4) is 0 Å². The minimum Gasteiger partial charge on any atom is -0.294 e. The monoisotopic (exact) mass is 254 g/mol. The molecule has 0 fully saturated rings. The molecule has 1 rings (SSSR count). The summed E-state index contributed by atoms with van der Waals surface area (Å²) in [5, 5.41) is 0. The van der Waals surface area contributed by atoms with Crippen LogP contribution in [0.25, 0.3) is 0 Å². The Morgan fingerprint density at radius 2 is 2.31 bits per heavy atom. The number of carbonyl (C=O) groups is 1. The van der Waals surface area contributed by atoms with Gasteiger partial charge in [-0.15, -0.1) is 11.3 Å². The predicted octanol–water partition coefficient (Wildman–Crippen LogP) is 3.99. The van der Waals surface area contributed by atoms with Crippen molar-refractivity contribution < 1.29 is 4.79 Å². The maximum Gasteiger partial charge on any atom is 0.166 e. The Kier molecular flexibility index (Phi) is 4.59. The second-order valence-corrected chi connectivity index (χ2v) is 5.68. The van der Waals surface area contributed by atoms with E-state index in [1.54, 1.807) is 17.8 Å². The van der Waals surface area contributed by atoms with E-state index in [1.165, 1.54) is 11.3 Å². The second-order valence-electron chi connectivity index (χ2n) is 2.40. The third-order valence-electron chi connectivity index (χ3n) is 1.49. The number of halogens is 2. The zero-order chi connectivity index (χ0) is 9.84. The molecule has 0 aromatic carbocycles. The fourth-order valence-electron chi connectivity index (χ4n) is 0.860. The van der Waals surface area contributed by atoms with Crippen LogP contribution in [0.5, 0.6) is 0 Å². The van der Waals surface area contributed by atoms with Crippen molar-refractivity contribution in [3.63, 3.8) is 0 Å². The van der Waals surface area contributed by atoms with Crippen molar-refractivity contribution >= 4 is 52.1 Å². The van der Waals surface area contributed by atoms with Gasteiger partial charge in [0, 0.05) is 17.7 Å². The quantitative estimate of drug-likeness (QED) is 0.756. The zero-order valence-corrected chi connectivity index (χ0v) is 10.1. The Morgan fingerprint density at radius 1 is 1.62 bits per heavy atom. The summed E-state index contributed by atoms with van der Waals surface area (Å²) in [4.78, 5) is 11.5. The summed E-state index contributed by atoms with van der Waals surface area (Å²) >= 11 is 14.4. The number of hydrogen-bond acceptors (Lipinski definition) is 3. The lowest BCUT2D eigenvalue weighted by Gasteiger charge is -1.95. The molecule has 0 amide bonds. The molecule has 0 radical (unpaired) electrons. The van der Waals surface area contributed by atoms with Crippen LogP contribution in [0.1, 0.15) is 16.8 Å². The molecule has 0 atom stereocenters. The van der Waals surface area contributed by atoms with Gasteiger partial charge in [0.2, 0.25) is 0 Å². The molecule has 0 saturated heterocycles. The summed E-state index contributed by atoms with van der Waals surface area (Å²) in [7, 11) is 0. The first-order valence-corrected chi connectivity index (χ1v) is 6.58. The van der Waals surface area contributed by atoms with Crippen molar-refractivity contribution in [1.29, 1.82) is 0 Å². The van der Waals surface area contributed by atoms with Gasteiger partial charge < -0.3 is 0 Å².